The van der Waals surface area contributed by atoms with E-state index in [4.69, 9.17) is 0 Å². The third-order valence-electron chi connectivity index (χ3n) is 2.92. The van der Waals surface area contributed by atoms with Crippen LogP contribution in [0.1, 0.15) is 27.2 Å². The molecule has 0 aliphatic heterocycles. The molecule has 0 bridgehead atoms. The maximum Gasteiger partial charge on any atom is 0.251 e. The molecule has 1 aromatic heterocycles. The van der Waals surface area contributed by atoms with Crippen LogP contribution in [0.3, 0.4) is 0 Å². The zero-order valence-corrected chi connectivity index (χ0v) is 10.3. The zero-order valence-electron chi connectivity index (χ0n) is 10.3. The van der Waals surface area contributed by atoms with Gasteiger partial charge in [-0.3, -0.25) is 9.89 Å². The summed E-state index contributed by atoms with van der Waals surface area (Å²) >= 11 is 0. The van der Waals surface area contributed by atoms with Crippen LogP contribution in [-0.2, 0) is 6.54 Å². The number of benzene rings is 1. The molecule has 0 saturated heterocycles. The lowest BCUT2D eigenvalue weighted by atomic mass is 10.1. The third-order valence-corrected chi connectivity index (χ3v) is 2.92. The van der Waals surface area contributed by atoms with Gasteiger partial charge < -0.3 is 10.4 Å². The lowest BCUT2D eigenvalue weighted by molar-refractivity contribution is 0.0950. The number of rotatable bonds is 3. The van der Waals surface area contributed by atoms with Gasteiger partial charge in [0, 0.05) is 28.9 Å². The molecule has 1 heterocycles. The number of nitrogens with zero attached hydrogens (tertiary/aromatic N) is 1. The summed E-state index contributed by atoms with van der Waals surface area (Å²) in [6.45, 7) is 4.03. The predicted molar refractivity (Wildman–Crippen MR) is 67.3 cm³/mol. The van der Waals surface area contributed by atoms with Gasteiger partial charge in [0.1, 0.15) is 5.75 Å². The minimum atomic E-state index is -0.205. The van der Waals surface area contributed by atoms with Crippen molar-refractivity contribution in [2.75, 3.05) is 0 Å². The van der Waals surface area contributed by atoms with Crippen LogP contribution in [0.2, 0.25) is 0 Å². The van der Waals surface area contributed by atoms with Gasteiger partial charge in [-0.1, -0.05) is 6.07 Å². The summed E-state index contributed by atoms with van der Waals surface area (Å²) in [5, 5.41) is 19.0. The van der Waals surface area contributed by atoms with Crippen molar-refractivity contribution in [2.24, 2.45) is 0 Å². The highest BCUT2D eigenvalue weighted by Crippen LogP contribution is 2.19. The van der Waals surface area contributed by atoms with Gasteiger partial charge in [-0.15, -0.1) is 0 Å². The van der Waals surface area contributed by atoms with E-state index in [1.165, 1.54) is 0 Å². The van der Waals surface area contributed by atoms with Crippen LogP contribution in [0, 0.1) is 13.8 Å². The van der Waals surface area contributed by atoms with Gasteiger partial charge in [0.15, 0.2) is 0 Å². The summed E-state index contributed by atoms with van der Waals surface area (Å²) in [6, 6.07) is 4.90. The summed E-state index contributed by atoms with van der Waals surface area (Å²) in [5.41, 5.74) is 2.94. The fraction of sp³-hybridized carbons (Fsp3) is 0.231. The van der Waals surface area contributed by atoms with Crippen molar-refractivity contribution in [1.29, 1.82) is 0 Å². The van der Waals surface area contributed by atoms with Crippen molar-refractivity contribution < 1.29 is 9.90 Å². The quantitative estimate of drug-likeness (QED) is 0.769. The van der Waals surface area contributed by atoms with E-state index in [0.717, 1.165) is 11.3 Å². The molecule has 2 aromatic rings. The first kappa shape index (κ1) is 12.2. The highest BCUT2D eigenvalue weighted by Gasteiger charge is 2.11. The molecule has 18 heavy (non-hydrogen) atoms. The Bertz CT molecular complexity index is 575. The molecular formula is C13H15N3O2. The van der Waals surface area contributed by atoms with Gasteiger partial charge in [0.25, 0.3) is 5.91 Å². The number of aromatic nitrogens is 2. The standard InChI is InChI=1S/C13H15N3O2/c1-8-11(4-3-5-12(8)17)13(18)14-6-10-7-15-16-9(10)2/h3-5,7,17H,6H2,1-2H3,(H,14,18)(H,15,16). The predicted octanol–water partition coefficient (Wildman–Crippen LogP) is 1.66. The molecule has 0 saturated carbocycles. The number of phenols is 1. The first-order valence-corrected chi connectivity index (χ1v) is 5.65. The van der Waals surface area contributed by atoms with Crippen molar-refractivity contribution in [2.45, 2.75) is 20.4 Å². The molecule has 0 radical (unpaired) electrons. The average Bonchev–Trinajstić information content (AvgIpc) is 2.75. The average molecular weight is 245 g/mol. The Labute approximate surface area is 105 Å². The molecule has 3 N–H and O–H groups in total. The Morgan fingerprint density at radius 2 is 2.22 bits per heavy atom. The largest absolute Gasteiger partial charge is 0.508 e. The van der Waals surface area contributed by atoms with E-state index in [2.05, 4.69) is 15.5 Å². The first-order chi connectivity index (χ1) is 8.59. The van der Waals surface area contributed by atoms with Crippen LogP contribution in [0.15, 0.2) is 24.4 Å². The monoisotopic (exact) mass is 245 g/mol. The van der Waals surface area contributed by atoms with Crippen molar-refractivity contribution in [3.63, 3.8) is 0 Å². The molecule has 0 aliphatic carbocycles. The van der Waals surface area contributed by atoms with Gasteiger partial charge in [-0.05, 0) is 26.0 Å². The third kappa shape index (κ3) is 2.34. The Morgan fingerprint density at radius 1 is 1.44 bits per heavy atom. The fourth-order valence-corrected chi connectivity index (χ4v) is 1.69. The lowest BCUT2D eigenvalue weighted by Gasteiger charge is -2.08. The van der Waals surface area contributed by atoms with Gasteiger partial charge in [0.05, 0.1) is 6.20 Å². The van der Waals surface area contributed by atoms with Crippen molar-refractivity contribution >= 4 is 5.91 Å². The molecule has 1 amide bonds. The van der Waals surface area contributed by atoms with E-state index in [0.29, 0.717) is 17.7 Å². The van der Waals surface area contributed by atoms with E-state index in [1.54, 1.807) is 31.3 Å². The zero-order chi connectivity index (χ0) is 13.1. The number of phenolic OH excluding ortho intramolecular Hbond substituents is 1. The van der Waals surface area contributed by atoms with E-state index in [9.17, 15) is 9.90 Å². The molecule has 1 aromatic carbocycles. The summed E-state index contributed by atoms with van der Waals surface area (Å²) < 4.78 is 0. The molecule has 5 heteroatoms. The summed E-state index contributed by atoms with van der Waals surface area (Å²) in [4.78, 5) is 12.0. The molecule has 0 spiro atoms. The number of carbonyl (C=O) groups excluding carboxylic acids is 1. The molecule has 5 nitrogen and oxygen atoms in total. The summed E-state index contributed by atoms with van der Waals surface area (Å²) in [5.74, 6) is -0.0776. The van der Waals surface area contributed by atoms with Crippen LogP contribution in [0.5, 0.6) is 5.75 Å². The highest BCUT2D eigenvalue weighted by molar-refractivity contribution is 5.96. The number of hydrogen-bond acceptors (Lipinski definition) is 3. The number of aromatic hydroxyl groups is 1. The number of carbonyl (C=O) groups is 1. The molecule has 2 rings (SSSR count). The smallest absolute Gasteiger partial charge is 0.251 e. The summed E-state index contributed by atoms with van der Waals surface area (Å²) in [7, 11) is 0. The number of aryl methyl sites for hydroxylation is 1. The molecular weight excluding hydrogens is 230 g/mol. The second-order valence-electron chi connectivity index (χ2n) is 4.15. The van der Waals surface area contributed by atoms with Crippen LogP contribution < -0.4 is 5.32 Å². The Morgan fingerprint density at radius 3 is 2.89 bits per heavy atom. The molecule has 0 atom stereocenters. The van der Waals surface area contributed by atoms with E-state index < -0.39 is 0 Å². The van der Waals surface area contributed by atoms with E-state index in [1.807, 2.05) is 6.92 Å². The maximum atomic E-state index is 12.0. The SMILES string of the molecule is Cc1[nH]ncc1CNC(=O)c1cccc(O)c1C. The van der Waals surface area contributed by atoms with Crippen molar-refractivity contribution in [3.05, 3.63) is 46.8 Å². The van der Waals surface area contributed by atoms with Gasteiger partial charge in [0.2, 0.25) is 0 Å². The Balaban J connectivity index is 2.09. The highest BCUT2D eigenvalue weighted by atomic mass is 16.3. The normalized spacial score (nSPS) is 10.3. The van der Waals surface area contributed by atoms with E-state index >= 15 is 0 Å². The van der Waals surface area contributed by atoms with Crippen molar-refractivity contribution in [3.8, 4) is 5.75 Å². The number of nitrogens with one attached hydrogen (secondary N) is 2. The fourth-order valence-electron chi connectivity index (χ4n) is 1.69. The van der Waals surface area contributed by atoms with Crippen LogP contribution in [0.4, 0.5) is 0 Å². The second-order valence-corrected chi connectivity index (χ2v) is 4.15. The van der Waals surface area contributed by atoms with Crippen molar-refractivity contribution in [1.82, 2.24) is 15.5 Å². The summed E-state index contributed by atoms with van der Waals surface area (Å²) in [6.07, 6.45) is 1.69. The lowest BCUT2D eigenvalue weighted by Crippen LogP contribution is -2.23. The Kier molecular flexibility index (Phi) is 3.32. The van der Waals surface area contributed by atoms with Gasteiger partial charge in [-0.2, -0.15) is 5.10 Å². The number of aromatic amines is 1. The van der Waals surface area contributed by atoms with Crippen LogP contribution in [0.25, 0.3) is 0 Å². The van der Waals surface area contributed by atoms with Crippen LogP contribution in [-0.4, -0.2) is 21.2 Å². The molecule has 0 aliphatic rings. The molecule has 0 unspecified atom stereocenters. The van der Waals surface area contributed by atoms with Gasteiger partial charge >= 0.3 is 0 Å². The molecule has 94 valence electrons. The Hall–Kier alpha value is -2.30. The van der Waals surface area contributed by atoms with Gasteiger partial charge in [-0.25, -0.2) is 0 Å². The number of hydrogen-bond donors (Lipinski definition) is 3. The maximum absolute atomic E-state index is 12.0. The van der Waals surface area contributed by atoms with E-state index in [-0.39, 0.29) is 11.7 Å². The van der Waals surface area contributed by atoms with Crippen LogP contribution >= 0.6 is 0 Å². The topological polar surface area (TPSA) is 78.0 Å². The number of H-pyrrole nitrogens is 1. The molecule has 0 fully saturated rings. The number of amides is 1. The second kappa shape index (κ2) is 4.91. The minimum Gasteiger partial charge on any atom is -0.508 e. The minimum absolute atomic E-state index is 0.127. The first-order valence-electron chi connectivity index (χ1n) is 5.65.